The van der Waals surface area contributed by atoms with Crippen LogP contribution in [0.15, 0.2) is 17.6 Å². The zero-order chi connectivity index (χ0) is 25.0. The molecule has 5 nitrogen and oxygen atoms in total. The van der Waals surface area contributed by atoms with Gasteiger partial charge in [0.15, 0.2) is 0 Å². The van der Waals surface area contributed by atoms with Crippen LogP contribution < -0.4 is 5.32 Å². The number of likely N-dealkylation sites (N-methyl/N-ethyl adjacent to an activating group) is 1. The van der Waals surface area contributed by atoms with Gasteiger partial charge in [0.05, 0.1) is 17.2 Å². The number of aromatic nitrogens is 1. The molecule has 5 rings (SSSR count). The average molecular weight is 480 g/mol. The van der Waals surface area contributed by atoms with Gasteiger partial charge in [0.2, 0.25) is 0 Å². The van der Waals surface area contributed by atoms with E-state index < -0.39 is 0 Å². The molecule has 2 atom stereocenters. The molecule has 2 unspecified atom stereocenters. The van der Waals surface area contributed by atoms with Gasteiger partial charge in [0, 0.05) is 24.0 Å². The molecule has 0 radical (unpaired) electrons. The summed E-state index contributed by atoms with van der Waals surface area (Å²) in [6, 6.07) is 1.07. The van der Waals surface area contributed by atoms with Crippen molar-refractivity contribution in [3.05, 3.63) is 40.1 Å². The molecule has 3 heterocycles. The smallest absolute Gasteiger partial charge is 0.400 e. The van der Waals surface area contributed by atoms with Crippen LogP contribution in [-0.2, 0) is 22.2 Å². The second-order valence-corrected chi connectivity index (χ2v) is 12.5. The Morgan fingerprint density at radius 3 is 2.37 bits per heavy atom. The fourth-order valence-corrected chi connectivity index (χ4v) is 6.47. The Labute approximate surface area is 213 Å². The third-order valence-corrected chi connectivity index (χ3v) is 9.47. The minimum Gasteiger partial charge on any atom is -0.400 e. The van der Waals surface area contributed by atoms with E-state index in [2.05, 4.69) is 75.9 Å². The summed E-state index contributed by atoms with van der Waals surface area (Å²) in [7, 11) is 1.89. The van der Waals surface area contributed by atoms with E-state index in [4.69, 9.17) is 9.31 Å². The molecule has 4 aliphatic rings. The summed E-state index contributed by atoms with van der Waals surface area (Å²) in [4.78, 5) is 6.74. The second kappa shape index (κ2) is 9.52. The molecule has 2 N–H and O–H groups in total. The van der Waals surface area contributed by atoms with Crippen molar-refractivity contribution in [1.82, 2.24) is 15.2 Å². The largest absolute Gasteiger partial charge is 0.490 e. The minimum absolute atomic E-state index is 0.226. The predicted molar refractivity (Wildman–Crippen MR) is 145 cm³/mol. The van der Waals surface area contributed by atoms with Gasteiger partial charge < -0.3 is 19.6 Å². The van der Waals surface area contributed by atoms with E-state index in [0.717, 1.165) is 19.4 Å². The summed E-state index contributed by atoms with van der Waals surface area (Å²) in [5.74, 6) is 0.642. The molecule has 0 amide bonds. The Kier molecular flexibility index (Phi) is 6.88. The van der Waals surface area contributed by atoms with Crippen LogP contribution in [-0.4, -0.2) is 54.4 Å². The van der Waals surface area contributed by atoms with Crippen molar-refractivity contribution in [3.8, 4) is 0 Å². The van der Waals surface area contributed by atoms with Crippen LogP contribution in [0.4, 0.5) is 0 Å². The summed E-state index contributed by atoms with van der Waals surface area (Å²) in [6.45, 7) is 15.5. The van der Waals surface area contributed by atoms with Gasteiger partial charge in [-0.05, 0) is 114 Å². The number of rotatable bonds is 7. The quantitative estimate of drug-likeness (QED) is 0.499. The van der Waals surface area contributed by atoms with Crippen molar-refractivity contribution in [2.24, 2.45) is 5.92 Å². The maximum Gasteiger partial charge on any atom is 0.490 e. The van der Waals surface area contributed by atoms with E-state index in [1.165, 1.54) is 61.1 Å². The highest BCUT2D eigenvalue weighted by Gasteiger charge is 2.52. The van der Waals surface area contributed by atoms with Crippen molar-refractivity contribution in [1.29, 1.82) is 0 Å². The minimum atomic E-state index is -0.285. The summed E-state index contributed by atoms with van der Waals surface area (Å²) in [5, 5.41) is 3.56. The van der Waals surface area contributed by atoms with E-state index in [9.17, 15) is 0 Å². The fourth-order valence-electron chi connectivity index (χ4n) is 6.47. The molecule has 0 bridgehead atoms. The van der Waals surface area contributed by atoms with Gasteiger partial charge in [-0.25, -0.2) is 0 Å². The molecule has 1 aromatic rings. The van der Waals surface area contributed by atoms with Gasteiger partial charge in [-0.15, -0.1) is 0 Å². The Hall–Kier alpha value is -1.34. The average Bonchev–Trinajstić information content (AvgIpc) is 3.56. The van der Waals surface area contributed by atoms with Gasteiger partial charge in [-0.2, -0.15) is 0 Å². The third-order valence-electron chi connectivity index (χ3n) is 9.47. The first kappa shape index (κ1) is 25.3. The van der Waals surface area contributed by atoms with Crippen molar-refractivity contribution in [2.45, 2.75) is 110 Å². The molecular formula is C29H46BN3O2. The zero-order valence-electron chi connectivity index (χ0n) is 23.1. The predicted octanol–water partition coefficient (Wildman–Crippen LogP) is 5.62. The Morgan fingerprint density at radius 2 is 1.74 bits per heavy atom. The molecule has 1 aromatic heterocycles. The summed E-state index contributed by atoms with van der Waals surface area (Å²) >= 11 is 0. The zero-order valence-corrected chi connectivity index (χ0v) is 23.1. The number of aromatic amines is 1. The van der Waals surface area contributed by atoms with Gasteiger partial charge in [0.1, 0.15) is 0 Å². The summed E-state index contributed by atoms with van der Waals surface area (Å²) < 4.78 is 12.6. The third kappa shape index (κ3) is 4.61. The highest BCUT2D eigenvalue weighted by atomic mass is 16.7. The number of hydrogen-bond acceptors (Lipinski definition) is 4. The lowest BCUT2D eigenvalue weighted by Gasteiger charge is -2.32. The molecule has 0 aromatic carbocycles. The maximum absolute atomic E-state index is 6.32. The molecule has 2 fully saturated rings. The number of hydrogen-bond donors (Lipinski definition) is 2. The number of allylic oxidation sites excluding steroid dienone is 4. The standard InChI is InChI=1S/C29H46BN3O2/c1-19(2)24(31-7)18-33-17-9-12-25(33)27-23-11-8-10-22(23)26(32-27)20-13-15-21(16-14-20)30-34-28(3,4)29(5,6)35-30/h13,15,19,24-25,31-32H,8-12,14,16-18H2,1-7H3. The van der Waals surface area contributed by atoms with E-state index in [1.807, 2.05) is 0 Å². The highest BCUT2D eigenvalue weighted by Crippen LogP contribution is 2.44. The summed E-state index contributed by atoms with van der Waals surface area (Å²) in [6.07, 6.45) is 12.9. The lowest BCUT2D eigenvalue weighted by Crippen LogP contribution is -2.42. The SMILES string of the molecule is CNC(CN1CCCC1c1[nH]c(C2=CC=C(B3OC(C)(C)C(C)(C)O3)CC2)c2c1CCC2)C(C)C. The number of H-pyrrole nitrogens is 1. The molecular weight excluding hydrogens is 433 g/mol. The van der Waals surface area contributed by atoms with Gasteiger partial charge in [-0.1, -0.05) is 26.0 Å². The van der Waals surface area contributed by atoms with Gasteiger partial charge in [-0.3, -0.25) is 4.90 Å². The molecule has 2 saturated heterocycles. The van der Waals surface area contributed by atoms with Gasteiger partial charge >= 0.3 is 7.12 Å². The molecule has 2 aliphatic heterocycles. The van der Waals surface area contributed by atoms with E-state index >= 15 is 0 Å². The lowest BCUT2D eigenvalue weighted by atomic mass is 9.72. The van der Waals surface area contributed by atoms with E-state index in [1.54, 1.807) is 11.1 Å². The number of nitrogens with zero attached hydrogens (tertiary/aromatic N) is 1. The van der Waals surface area contributed by atoms with Crippen molar-refractivity contribution in [2.75, 3.05) is 20.1 Å². The summed E-state index contributed by atoms with van der Waals surface area (Å²) in [5.41, 5.74) is 8.31. The lowest BCUT2D eigenvalue weighted by molar-refractivity contribution is 0.00578. The van der Waals surface area contributed by atoms with Crippen LogP contribution in [0.1, 0.15) is 102 Å². The monoisotopic (exact) mass is 479 g/mol. The van der Waals surface area contributed by atoms with Crippen LogP contribution in [0, 0.1) is 5.92 Å². The molecule has 0 saturated carbocycles. The first-order valence-electron chi connectivity index (χ1n) is 14.0. The molecule has 2 aliphatic carbocycles. The molecule has 6 heteroatoms. The van der Waals surface area contributed by atoms with Crippen LogP contribution in [0.3, 0.4) is 0 Å². The first-order valence-corrected chi connectivity index (χ1v) is 14.0. The number of nitrogens with one attached hydrogen (secondary N) is 2. The normalized spacial score (nSPS) is 26.9. The van der Waals surface area contributed by atoms with Crippen LogP contribution in [0.2, 0.25) is 0 Å². The van der Waals surface area contributed by atoms with Crippen LogP contribution in [0.5, 0.6) is 0 Å². The van der Waals surface area contributed by atoms with Crippen LogP contribution >= 0.6 is 0 Å². The van der Waals surface area contributed by atoms with Crippen molar-refractivity contribution >= 4 is 12.7 Å². The Balaban J connectivity index is 1.38. The Morgan fingerprint density at radius 1 is 1.03 bits per heavy atom. The topological polar surface area (TPSA) is 49.5 Å². The van der Waals surface area contributed by atoms with Gasteiger partial charge in [0.25, 0.3) is 0 Å². The van der Waals surface area contributed by atoms with Crippen molar-refractivity contribution in [3.63, 3.8) is 0 Å². The van der Waals surface area contributed by atoms with E-state index in [-0.39, 0.29) is 18.3 Å². The fraction of sp³-hybridized carbons (Fsp3) is 0.724. The molecule has 192 valence electrons. The van der Waals surface area contributed by atoms with Crippen LogP contribution in [0.25, 0.3) is 5.57 Å². The van der Waals surface area contributed by atoms with E-state index in [0.29, 0.717) is 18.0 Å². The second-order valence-electron chi connectivity index (χ2n) is 12.5. The number of likely N-dealkylation sites (tertiary alicyclic amines) is 1. The number of fused-ring (bicyclic) bond motifs is 1. The highest BCUT2D eigenvalue weighted by molar-refractivity contribution is 6.54. The maximum atomic E-state index is 6.32. The molecule has 35 heavy (non-hydrogen) atoms. The van der Waals surface area contributed by atoms with Crippen molar-refractivity contribution < 1.29 is 9.31 Å². The molecule has 0 spiro atoms. The first-order chi connectivity index (χ1) is 16.6. The Bertz CT molecular complexity index is 990.